The summed E-state index contributed by atoms with van der Waals surface area (Å²) in [6.07, 6.45) is 4.90. The summed E-state index contributed by atoms with van der Waals surface area (Å²) in [6, 6.07) is 15.5. The highest BCUT2D eigenvalue weighted by Gasteiger charge is 2.73. The van der Waals surface area contributed by atoms with Gasteiger partial charge in [-0.05, 0) is 56.4 Å². The monoisotopic (exact) mass is 418 g/mol. The van der Waals surface area contributed by atoms with Crippen LogP contribution < -0.4 is 4.90 Å². The molecule has 0 unspecified atom stereocenters. The summed E-state index contributed by atoms with van der Waals surface area (Å²) in [7, 11) is 0. The summed E-state index contributed by atoms with van der Waals surface area (Å²) < 4.78 is 0. The molecule has 5 heteroatoms. The smallest absolute Gasteiger partial charge is 0.228 e. The minimum atomic E-state index is -0.539. The quantitative estimate of drug-likeness (QED) is 0.728. The minimum Gasteiger partial charge on any atom is -0.508 e. The van der Waals surface area contributed by atoms with Gasteiger partial charge in [0, 0.05) is 30.7 Å². The Morgan fingerprint density at radius 2 is 1.84 bits per heavy atom. The third-order valence-electron chi connectivity index (χ3n) is 8.05. The Morgan fingerprint density at radius 1 is 1.06 bits per heavy atom. The summed E-state index contributed by atoms with van der Waals surface area (Å²) >= 11 is 0. The van der Waals surface area contributed by atoms with Crippen molar-refractivity contribution in [2.45, 2.75) is 64.0 Å². The minimum absolute atomic E-state index is 0.0170. The molecule has 4 aliphatic rings. The molecule has 0 radical (unpaired) electrons. The first kappa shape index (κ1) is 20.1. The van der Waals surface area contributed by atoms with Gasteiger partial charge in [-0.1, -0.05) is 42.8 Å². The van der Waals surface area contributed by atoms with Crippen LogP contribution in [0.15, 0.2) is 48.5 Å². The fourth-order valence-electron chi connectivity index (χ4n) is 6.80. The Morgan fingerprint density at radius 3 is 2.52 bits per heavy atom. The van der Waals surface area contributed by atoms with Crippen LogP contribution in [0.25, 0.3) is 0 Å². The van der Waals surface area contributed by atoms with Crippen molar-refractivity contribution in [3.63, 3.8) is 0 Å². The van der Waals surface area contributed by atoms with Gasteiger partial charge in [-0.25, -0.2) is 0 Å². The van der Waals surface area contributed by atoms with E-state index in [1.165, 1.54) is 5.56 Å². The molecule has 2 amide bonds. The predicted molar refractivity (Wildman–Crippen MR) is 120 cm³/mol. The van der Waals surface area contributed by atoms with E-state index in [-0.39, 0.29) is 28.9 Å². The van der Waals surface area contributed by atoms with Crippen LogP contribution in [-0.4, -0.2) is 34.0 Å². The lowest BCUT2D eigenvalue weighted by Crippen LogP contribution is -2.73. The normalized spacial score (nSPS) is 30.3. The molecule has 2 aromatic carbocycles. The number of phenolic OH excluding ortho intramolecular Hbond substituents is 1. The molecular weight excluding hydrogens is 388 g/mol. The number of aryl methyl sites for hydroxylation is 1. The lowest BCUT2D eigenvalue weighted by atomic mass is 9.59. The van der Waals surface area contributed by atoms with Gasteiger partial charge in [0.25, 0.3) is 0 Å². The number of hydrogen-bond acceptors (Lipinski definition) is 3. The predicted octanol–water partition coefficient (Wildman–Crippen LogP) is 4.73. The number of phenols is 1. The Labute approximate surface area is 183 Å². The van der Waals surface area contributed by atoms with Gasteiger partial charge in [-0.15, -0.1) is 0 Å². The molecule has 3 atom stereocenters. The zero-order valence-electron chi connectivity index (χ0n) is 18.3. The number of hydrogen-bond donors (Lipinski definition) is 1. The maximum Gasteiger partial charge on any atom is 0.228 e. The van der Waals surface area contributed by atoms with Crippen molar-refractivity contribution >= 4 is 17.5 Å². The molecule has 4 aliphatic heterocycles. The van der Waals surface area contributed by atoms with Gasteiger partial charge in [-0.2, -0.15) is 0 Å². The van der Waals surface area contributed by atoms with Crippen molar-refractivity contribution < 1.29 is 14.7 Å². The molecule has 3 fully saturated rings. The highest BCUT2D eigenvalue weighted by molar-refractivity contribution is 6.02. The number of fused-ring (bicyclic) bond motifs is 3. The molecule has 0 bridgehead atoms. The third kappa shape index (κ3) is 2.61. The molecule has 6 rings (SSSR count). The molecule has 31 heavy (non-hydrogen) atoms. The molecule has 1 N–H and O–H groups in total. The first-order chi connectivity index (χ1) is 14.9. The highest BCUT2D eigenvalue weighted by Crippen LogP contribution is 2.68. The van der Waals surface area contributed by atoms with Gasteiger partial charge in [0.1, 0.15) is 11.4 Å². The van der Waals surface area contributed by atoms with E-state index in [1.54, 1.807) is 12.1 Å². The number of rotatable bonds is 1. The van der Waals surface area contributed by atoms with Crippen molar-refractivity contribution in [1.82, 2.24) is 4.90 Å². The lowest BCUT2D eigenvalue weighted by Gasteiger charge is -2.62. The second-order valence-corrected chi connectivity index (χ2v) is 9.39. The number of nitrogens with zero attached hydrogens (tertiary/aromatic N) is 2. The highest BCUT2D eigenvalue weighted by atomic mass is 16.3. The van der Waals surface area contributed by atoms with E-state index in [1.807, 2.05) is 34.1 Å². The maximum atomic E-state index is 13.0. The van der Waals surface area contributed by atoms with Gasteiger partial charge in [0.05, 0.1) is 5.69 Å². The number of carbonyl (C=O) groups is 2. The van der Waals surface area contributed by atoms with Crippen molar-refractivity contribution in [2.75, 3.05) is 11.4 Å². The van der Waals surface area contributed by atoms with Crippen LogP contribution in [0.5, 0.6) is 5.75 Å². The molecular formula is C26H30N2O3. The summed E-state index contributed by atoms with van der Waals surface area (Å²) in [4.78, 5) is 29.8. The number of benzene rings is 2. The van der Waals surface area contributed by atoms with Gasteiger partial charge in [0.15, 0.2) is 0 Å². The average molecular weight is 419 g/mol. The summed E-state index contributed by atoms with van der Waals surface area (Å²) in [5.74, 6) is 0.471. The van der Waals surface area contributed by atoms with Gasteiger partial charge in [-0.3, -0.25) is 14.5 Å². The zero-order chi connectivity index (χ0) is 21.8. The Balaban J connectivity index is 0.000000250. The van der Waals surface area contributed by atoms with Crippen molar-refractivity contribution in [1.29, 1.82) is 0 Å². The lowest BCUT2D eigenvalue weighted by molar-refractivity contribution is -0.150. The third-order valence-corrected chi connectivity index (χ3v) is 8.05. The molecule has 3 saturated heterocycles. The average Bonchev–Trinajstić information content (AvgIpc) is 3.22. The van der Waals surface area contributed by atoms with Crippen molar-refractivity contribution in [2.24, 2.45) is 5.41 Å². The van der Waals surface area contributed by atoms with Crippen LogP contribution in [-0.2, 0) is 9.59 Å². The maximum absolute atomic E-state index is 13.0. The Kier molecular flexibility index (Phi) is 4.61. The van der Waals surface area contributed by atoms with E-state index in [0.29, 0.717) is 12.8 Å². The van der Waals surface area contributed by atoms with Gasteiger partial charge in [0.2, 0.25) is 11.8 Å². The van der Waals surface area contributed by atoms with E-state index < -0.39 is 5.66 Å². The standard InChI is InChI=1S/C19H22N2O3.C7H8/c1-2-18-7-3-9-20-17(24)11-14-13-10-12(22)4-5-15(13)21(19(14,18)20)16(23)6-8-18;1-7-5-3-2-4-6-7/h4-5,10,14,22H,2-3,6-9,11H2,1H3;2-6H,1H3/t14-,18+,19-;/m0./s1. The largest absolute Gasteiger partial charge is 0.508 e. The number of carbonyl (C=O) groups excluding carboxylic acids is 2. The fraction of sp³-hybridized carbons (Fsp3) is 0.462. The van der Waals surface area contributed by atoms with E-state index in [0.717, 1.165) is 43.5 Å². The molecule has 162 valence electrons. The number of anilines is 1. The van der Waals surface area contributed by atoms with E-state index in [2.05, 4.69) is 26.0 Å². The van der Waals surface area contributed by atoms with E-state index >= 15 is 0 Å². The molecule has 5 nitrogen and oxygen atoms in total. The summed E-state index contributed by atoms with van der Waals surface area (Å²) in [5.41, 5.74) is 2.62. The van der Waals surface area contributed by atoms with Crippen LogP contribution in [0, 0.1) is 12.3 Å². The first-order valence-corrected chi connectivity index (χ1v) is 11.4. The van der Waals surface area contributed by atoms with E-state index in [4.69, 9.17) is 0 Å². The summed E-state index contributed by atoms with van der Waals surface area (Å²) in [6.45, 7) is 5.02. The van der Waals surface area contributed by atoms with Crippen LogP contribution in [0.3, 0.4) is 0 Å². The van der Waals surface area contributed by atoms with E-state index in [9.17, 15) is 14.7 Å². The molecule has 0 aromatic heterocycles. The number of piperidine rings is 2. The first-order valence-electron chi connectivity index (χ1n) is 11.4. The molecule has 2 aromatic rings. The second kappa shape index (κ2) is 7.11. The van der Waals surface area contributed by atoms with Gasteiger partial charge >= 0.3 is 0 Å². The molecule has 1 spiro atoms. The fourth-order valence-corrected chi connectivity index (χ4v) is 6.80. The SMILES string of the molecule is CC[C@@]12CCCN3C(=O)C[C@H]4c5cc(O)ccc5N(C(=O)CC1)[C@]432.Cc1ccccc1. The number of aromatic hydroxyl groups is 1. The van der Waals surface area contributed by atoms with Crippen LogP contribution >= 0.6 is 0 Å². The van der Waals surface area contributed by atoms with Crippen molar-refractivity contribution in [3.05, 3.63) is 59.7 Å². The molecule has 4 heterocycles. The Hall–Kier alpha value is -2.82. The van der Waals surface area contributed by atoms with Crippen molar-refractivity contribution in [3.8, 4) is 5.75 Å². The van der Waals surface area contributed by atoms with Crippen LogP contribution in [0.2, 0.25) is 0 Å². The van der Waals surface area contributed by atoms with Crippen LogP contribution in [0.1, 0.15) is 62.5 Å². The van der Waals surface area contributed by atoms with Gasteiger partial charge < -0.3 is 10.0 Å². The number of amides is 2. The molecule has 0 saturated carbocycles. The zero-order valence-corrected chi connectivity index (χ0v) is 18.3. The summed E-state index contributed by atoms with van der Waals surface area (Å²) in [5, 5.41) is 10.0. The van der Waals surface area contributed by atoms with Crippen LogP contribution in [0.4, 0.5) is 5.69 Å². The second-order valence-electron chi connectivity index (χ2n) is 9.39. The Bertz CT molecular complexity index is 1040. The molecule has 0 aliphatic carbocycles. The topological polar surface area (TPSA) is 60.9 Å².